The van der Waals surface area contributed by atoms with Crippen molar-refractivity contribution < 1.29 is 9.18 Å². The summed E-state index contributed by atoms with van der Waals surface area (Å²) >= 11 is 0. The Hall–Kier alpha value is -1.62. The van der Waals surface area contributed by atoms with Gasteiger partial charge < -0.3 is 11.1 Å². The topological polar surface area (TPSA) is 58.4 Å². The average Bonchev–Trinajstić information content (AvgIpc) is 2.36. The Morgan fingerprint density at radius 1 is 1.47 bits per heavy atom. The largest absolute Gasteiger partial charge is 0.397 e. The summed E-state index contributed by atoms with van der Waals surface area (Å²) in [5.74, 6) is 0.237. The van der Waals surface area contributed by atoms with Crippen molar-refractivity contribution in [1.29, 1.82) is 0 Å². The fourth-order valence-corrected chi connectivity index (χ4v) is 2.26. The minimum absolute atomic E-state index is 0.104. The number of carbonyl (C=O) groups excluding carboxylic acids is 1. The molecule has 1 saturated heterocycles. The lowest BCUT2D eigenvalue weighted by molar-refractivity contribution is -0.117. The van der Waals surface area contributed by atoms with Gasteiger partial charge in [-0.3, -0.25) is 9.69 Å². The molecule has 0 unspecified atom stereocenters. The Balaban J connectivity index is 1.87. The molecular formula is C14H20FN3O. The third kappa shape index (κ3) is 3.92. The Morgan fingerprint density at radius 3 is 2.79 bits per heavy atom. The van der Waals surface area contributed by atoms with Crippen LogP contribution in [0.4, 0.5) is 15.8 Å². The maximum Gasteiger partial charge on any atom is 0.238 e. The molecule has 0 radical (unpaired) electrons. The van der Waals surface area contributed by atoms with Gasteiger partial charge in [-0.1, -0.05) is 6.92 Å². The SMILES string of the molecule is CC1CCN(CC(=O)Nc2ccc(F)cc2N)CC1. The fraction of sp³-hybridized carbons (Fsp3) is 0.500. The van der Waals surface area contributed by atoms with Crippen LogP contribution in [0, 0.1) is 11.7 Å². The Labute approximate surface area is 112 Å². The fourth-order valence-electron chi connectivity index (χ4n) is 2.26. The summed E-state index contributed by atoms with van der Waals surface area (Å²) in [6.07, 6.45) is 2.26. The summed E-state index contributed by atoms with van der Waals surface area (Å²) in [7, 11) is 0. The van der Waals surface area contributed by atoms with Crippen molar-refractivity contribution in [3.63, 3.8) is 0 Å². The summed E-state index contributed by atoms with van der Waals surface area (Å²) in [6, 6.07) is 3.98. The van der Waals surface area contributed by atoms with Crippen LogP contribution in [0.3, 0.4) is 0 Å². The molecule has 104 valence electrons. The number of anilines is 2. The number of nitrogens with one attached hydrogen (secondary N) is 1. The van der Waals surface area contributed by atoms with Gasteiger partial charge in [0, 0.05) is 0 Å². The molecule has 3 N–H and O–H groups in total. The first-order valence-corrected chi connectivity index (χ1v) is 6.62. The zero-order valence-corrected chi connectivity index (χ0v) is 11.2. The van der Waals surface area contributed by atoms with Crippen molar-refractivity contribution in [1.82, 2.24) is 4.90 Å². The van der Waals surface area contributed by atoms with E-state index in [0.29, 0.717) is 12.2 Å². The predicted octanol–water partition coefficient (Wildman–Crippen LogP) is 2.08. The van der Waals surface area contributed by atoms with Crippen LogP contribution in [0.15, 0.2) is 18.2 Å². The molecule has 0 atom stereocenters. The van der Waals surface area contributed by atoms with Crippen LogP contribution in [-0.2, 0) is 4.79 Å². The average molecular weight is 265 g/mol. The van der Waals surface area contributed by atoms with Gasteiger partial charge in [-0.25, -0.2) is 4.39 Å². The van der Waals surface area contributed by atoms with Gasteiger partial charge in [0.2, 0.25) is 5.91 Å². The van der Waals surface area contributed by atoms with Crippen molar-refractivity contribution in [3.05, 3.63) is 24.0 Å². The molecule has 0 spiro atoms. The summed E-state index contributed by atoms with van der Waals surface area (Å²) < 4.78 is 12.9. The van der Waals surface area contributed by atoms with Crippen molar-refractivity contribution in [2.45, 2.75) is 19.8 Å². The lowest BCUT2D eigenvalue weighted by Gasteiger charge is -2.29. The molecule has 1 aliphatic heterocycles. The molecule has 0 aromatic heterocycles. The van der Waals surface area contributed by atoms with Gasteiger partial charge in [-0.15, -0.1) is 0 Å². The van der Waals surface area contributed by atoms with Crippen LogP contribution in [0.25, 0.3) is 0 Å². The zero-order chi connectivity index (χ0) is 13.8. The first-order chi connectivity index (χ1) is 9.04. The first-order valence-electron chi connectivity index (χ1n) is 6.62. The Bertz CT molecular complexity index is 456. The van der Waals surface area contributed by atoms with Crippen LogP contribution in [0.1, 0.15) is 19.8 Å². The lowest BCUT2D eigenvalue weighted by Crippen LogP contribution is -2.38. The van der Waals surface area contributed by atoms with E-state index in [-0.39, 0.29) is 11.6 Å². The lowest BCUT2D eigenvalue weighted by atomic mass is 9.99. The van der Waals surface area contributed by atoms with Crippen LogP contribution in [0.2, 0.25) is 0 Å². The number of hydrogen-bond acceptors (Lipinski definition) is 3. The molecule has 1 aliphatic rings. The molecule has 5 heteroatoms. The van der Waals surface area contributed by atoms with E-state index in [2.05, 4.69) is 17.1 Å². The van der Waals surface area contributed by atoms with Crippen molar-refractivity contribution in [3.8, 4) is 0 Å². The number of amides is 1. The smallest absolute Gasteiger partial charge is 0.238 e. The number of rotatable bonds is 3. The Morgan fingerprint density at radius 2 is 2.16 bits per heavy atom. The van der Waals surface area contributed by atoms with Gasteiger partial charge >= 0.3 is 0 Å². The number of nitrogens with two attached hydrogens (primary N) is 1. The number of nitrogen functional groups attached to an aromatic ring is 1. The predicted molar refractivity (Wildman–Crippen MR) is 74.3 cm³/mol. The molecule has 0 bridgehead atoms. The van der Waals surface area contributed by atoms with E-state index in [9.17, 15) is 9.18 Å². The summed E-state index contributed by atoms with van der Waals surface area (Å²) in [5, 5.41) is 2.72. The number of likely N-dealkylation sites (tertiary alicyclic amines) is 1. The van der Waals surface area contributed by atoms with Gasteiger partial charge in [-0.2, -0.15) is 0 Å². The molecule has 1 fully saturated rings. The number of hydrogen-bond donors (Lipinski definition) is 2. The van der Waals surface area contributed by atoms with Gasteiger partial charge in [0.05, 0.1) is 17.9 Å². The molecule has 2 rings (SSSR count). The van der Waals surface area contributed by atoms with Crippen LogP contribution in [-0.4, -0.2) is 30.4 Å². The van der Waals surface area contributed by atoms with Gasteiger partial charge in [0.15, 0.2) is 0 Å². The quantitative estimate of drug-likeness (QED) is 0.823. The second-order valence-corrected chi connectivity index (χ2v) is 5.24. The highest BCUT2D eigenvalue weighted by Gasteiger charge is 2.18. The number of benzene rings is 1. The highest BCUT2D eigenvalue weighted by Crippen LogP contribution is 2.19. The molecule has 0 aliphatic carbocycles. The maximum absolute atomic E-state index is 12.9. The molecule has 1 amide bonds. The Kier molecular flexibility index (Phi) is 4.37. The van der Waals surface area contributed by atoms with Crippen LogP contribution >= 0.6 is 0 Å². The second kappa shape index (κ2) is 6.02. The molecule has 1 heterocycles. The monoisotopic (exact) mass is 265 g/mol. The number of carbonyl (C=O) groups is 1. The summed E-state index contributed by atoms with van der Waals surface area (Å²) in [5.41, 5.74) is 6.37. The first kappa shape index (κ1) is 13.8. The van der Waals surface area contributed by atoms with E-state index in [0.717, 1.165) is 31.8 Å². The third-order valence-electron chi connectivity index (χ3n) is 3.53. The van der Waals surface area contributed by atoms with Crippen molar-refractivity contribution in [2.24, 2.45) is 5.92 Å². The molecule has 4 nitrogen and oxygen atoms in total. The van der Waals surface area contributed by atoms with Gasteiger partial charge in [0.1, 0.15) is 5.82 Å². The zero-order valence-electron chi connectivity index (χ0n) is 11.2. The van der Waals surface area contributed by atoms with Crippen LogP contribution in [0.5, 0.6) is 0 Å². The highest BCUT2D eigenvalue weighted by molar-refractivity contribution is 5.95. The maximum atomic E-state index is 12.9. The molecule has 1 aromatic carbocycles. The van der Waals surface area contributed by atoms with E-state index in [4.69, 9.17) is 5.73 Å². The third-order valence-corrected chi connectivity index (χ3v) is 3.53. The number of piperidine rings is 1. The van der Waals surface area contributed by atoms with Crippen molar-refractivity contribution in [2.75, 3.05) is 30.7 Å². The molecule has 0 saturated carbocycles. The van der Waals surface area contributed by atoms with E-state index in [1.54, 1.807) is 0 Å². The van der Waals surface area contributed by atoms with Gasteiger partial charge in [0.25, 0.3) is 0 Å². The minimum atomic E-state index is -0.402. The second-order valence-electron chi connectivity index (χ2n) is 5.24. The standard InChI is InChI=1S/C14H20FN3O/c1-10-4-6-18(7-5-10)9-14(19)17-13-3-2-11(15)8-12(13)16/h2-3,8,10H,4-7,9,16H2,1H3,(H,17,19). The summed E-state index contributed by atoms with van der Waals surface area (Å²) in [4.78, 5) is 14.0. The van der Waals surface area contributed by atoms with E-state index >= 15 is 0 Å². The summed E-state index contributed by atoms with van der Waals surface area (Å²) in [6.45, 7) is 4.50. The molecule has 1 aromatic rings. The highest BCUT2D eigenvalue weighted by atomic mass is 19.1. The van der Waals surface area contributed by atoms with E-state index < -0.39 is 5.82 Å². The minimum Gasteiger partial charge on any atom is -0.397 e. The van der Waals surface area contributed by atoms with Gasteiger partial charge in [-0.05, 0) is 50.0 Å². The number of halogens is 1. The molecular weight excluding hydrogens is 245 g/mol. The van der Waals surface area contributed by atoms with E-state index in [1.807, 2.05) is 0 Å². The number of nitrogens with zero attached hydrogens (tertiary/aromatic N) is 1. The van der Waals surface area contributed by atoms with E-state index in [1.165, 1.54) is 18.2 Å². The molecule has 19 heavy (non-hydrogen) atoms. The van der Waals surface area contributed by atoms with Crippen molar-refractivity contribution >= 4 is 17.3 Å². The normalized spacial score (nSPS) is 17.4. The van der Waals surface area contributed by atoms with Crippen LogP contribution < -0.4 is 11.1 Å².